The summed E-state index contributed by atoms with van der Waals surface area (Å²) in [6.45, 7) is 0.282. The zero-order valence-corrected chi connectivity index (χ0v) is 13.8. The number of nitrogens with zero attached hydrogens (tertiary/aromatic N) is 1. The summed E-state index contributed by atoms with van der Waals surface area (Å²) in [5.41, 5.74) is 1.68. The second-order valence-corrected chi connectivity index (χ2v) is 5.97. The first kappa shape index (κ1) is 16.9. The van der Waals surface area contributed by atoms with Crippen molar-refractivity contribution in [2.24, 2.45) is 0 Å². The minimum Gasteiger partial charge on any atom is -0.391 e. The Hall–Kier alpha value is -2.92. The van der Waals surface area contributed by atoms with Gasteiger partial charge in [-0.05, 0) is 17.7 Å². The Morgan fingerprint density at radius 3 is 2.56 bits per heavy atom. The summed E-state index contributed by atoms with van der Waals surface area (Å²) in [5.74, 6) is -0.207. The summed E-state index contributed by atoms with van der Waals surface area (Å²) in [5, 5.41) is 13.4. The van der Waals surface area contributed by atoms with Gasteiger partial charge in [0.25, 0.3) is 0 Å². The van der Waals surface area contributed by atoms with Crippen LogP contribution in [0.1, 0.15) is 5.56 Å². The minimum absolute atomic E-state index is 0.0643. The van der Waals surface area contributed by atoms with Crippen LogP contribution in [0.15, 0.2) is 71.7 Å². The lowest BCUT2D eigenvalue weighted by Crippen LogP contribution is -2.35. The average molecular weight is 336 g/mol. The van der Waals surface area contributed by atoms with E-state index in [1.807, 2.05) is 42.5 Å². The molecule has 0 aliphatic carbocycles. The third-order valence-electron chi connectivity index (χ3n) is 4.05. The smallest absolute Gasteiger partial charge is 0.240 e. The lowest BCUT2D eigenvalue weighted by Gasteiger charge is -2.14. The Balaban J connectivity index is 1.60. The molecule has 0 aliphatic rings. The number of hydrogen-bond donors (Lipinski definition) is 2. The van der Waals surface area contributed by atoms with Crippen molar-refractivity contribution in [1.29, 1.82) is 0 Å². The summed E-state index contributed by atoms with van der Waals surface area (Å²) in [7, 11) is 0. The molecule has 1 atom stereocenters. The Morgan fingerprint density at radius 2 is 1.76 bits per heavy atom. The molecule has 0 radical (unpaired) electrons. The summed E-state index contributed by atoms with van der Waals surface area (Å²) in [6, 6.07) is 18.3. The van der Waals surface area contributed by atoms with Crippen LogP contribution in [-0.4, -0.2) is 28.2 Å². The van der Waals surface area contributed by atoms with E-state index >= 15 is 0 Å². The predicted octanol–water partition coefficient (Wildman–Crippen LogP) is 1.72. The molecule has 0 fully saturated rings. The van der Waals surface area contributed by atoms with Crippen LogP contribution in [0.2, 0.25) is 0 Å². The highest BCUT2D eigenvalue weighted by Gasteiger charge is 2.10. The lowest BCUT2D eigenvalue weighted by atomic mass is 10.1. The fourth-order valence-electron chi connectivity index (χ4n) is 2.80. The molecule has 5 heteroatoms. The maximum absolute atomic E-state index is 12.2. The molecule has 0 saturated heterocycles. The van der Waals surface area contributed by atoms with Crippen LogP contribution in [0.4, 0.5) is 0 Å². The van der Waals surface area contributed by atoms with Gasteiger partial charge in [-0.1, -0.05) is 42.5 Å². The predicted molar refractivity (Wildman–Crippen MR) is 97.4 cm³/mol. The van der Waals surface area contributed by atoms with Crippen molar-refractivity contribution >= 4 is 16.8 Å². The fourth-order valence-corrected chi connectivity index (χ4v) is 2.80. The van der Waals surface area contributed by atoms with Gasteiger partial charge in [-0.15, -0.1) is 0 Å². The number of pyridine rings is 1. The van der Waals surface area contributed by atoms with E-state index in [-0.39, 0.29) is 24.4 Å². The van der Waals surface area contributed by atoms with Crippen molar-refractivity contribution in [1.82, 2.24) is 9.88 Å². The molecule has 2 aromatic carbocycles. The first-order valence-electron chi connectivity index (χ1n) is 8.20. The molecule has 128 valence electrons. The Labute approximate surface area is 145 Å². The van der Waals surface area contributed by atoms with Crippen LogP contribution in [-0.2, 0) is 17.8 Å². The number of nitrogens with one attached hydrogen (secondary N) is 1. The molecule has 1 heterocycles. The number of carbonyl (C=O) groups excluding carboxylic acids is 1. The largest absolute Gasteiger partial charge is 0.391 e. The molecule has 1 unspecified atom stereocenters. The highest BCUT2D eigenvalue weighted by Crippen LogP contribution is 2.09. The molecule has 0 saturated carbocycles. The maximum Gasteiger partial charge on any atom is 0.240 e. The van der Waals surface area contributed by atoms with E-state index in [1.54, 1.807) is 22.9 Å². The molecule has 3 aromatic rings. The molecule has 3 rings (SSSR count). The molecule has 0 spiro atoms. The Morgan fingerprint density at radius 1 is 1.04 bits per heavy atom. The highest BCUT2D eigenvalue weighted by molar-refractivity contribution is 5.82. The number of aromatic nitrogens is 1. The summed E-state index contributed by atoms with van der Waals surface area (Å²) in [6.07, 6.45) is 1.46. The lowest BCUT2D eigenvalue weighted by molar-refractivity contribution is -0.122. The third-order valence-corrected chi connectivity index (χ3v) is 4.05. The molecular formula is C20H20N2O3. The molecular weight excluding hydrogens is 316 g/mol. The van der Waals surface area contributed by atoms with Crippen molar-refractivity contribution in [3.63, 3.8) is 0 Å². The number of amides is 1. The SMILES string of the molecule is O=C(Cn1ccc(=O)c2ccccc21)NCC(O)Cc1ccccc1. The molecule has 0 aliphatic heterocycles. The van der Waals surface area contributed by atoms with Crippen molar-refractivity contribution in [3.05, 3.63) is 82.6 Å². The first-order chi connectivity index (χ1) is 12.1. The zero-order chi connectivity index (χ0) is 17.6. The van der Waals surface area contributed by atoms with Gasteiger partial charge in [-0.3, -0.25) is 9.59 Å². The van der Waals surface area contributed by atoms with Crippen LogP contribution in [0.5, 0.6) is 0 Å². The maximum atomic E-state index is 12.2. The van der Waals surface area contributed by atoms with E-state index in [0.717, 1.165) is 11.1 Å². The number of aliphatic hydroxyl groups excluding tert-OH is 1. The van der Waals surface area contributed by atoms with Gasteiger partial charge in [0.05, 0.1) is 11.6 Å². The van der Waals surface area contributed by atoms with E-state index in [0.29, 0.717) is 11.8 Å². The second-order valence-electron chi connectivity index (χ2n) is 5.97. The zero-order valence-electron chi connectivity index (χ0n) is 13.8. The fraction of sp³-hybridized carbons (Fsp3) is 0.200. The van der Waals surface area contributed by atoms with Gasteiger partial charge in [0.1, 0.15) is 6.54 Å². The van der Waals surface area contributed by atoms with Crippen LogP contribution in [0, 0.1) is 0 Å². The highest BCUT2D eigenvalue weighted by atomic mass is 16.3. The number of fused-ring (bicyclic) bond motifs is 1. The van der Waals surface area contributed by atoms with E-state index in [2.05, 4.69) is 5.32 Å². The van der Waals surface area contributed by atoms with Gasteiger partial charge in [-0.2, -0.15) is 0 Å². The van der Waals surface area contributed by atoms with Crippen molar-refractivity contribution in [2.45, 2.75) is 19.1 Å². The molecule has 25 heavy (non-hydrogen) atoms. The van der Waals surface area contributed by atoms with Crippen LogP contribution in [0.3, 0.4) is 0 Å². The summed E-state index contributed by atoms with van der Waals surface area (Å²) < 4.78 is 1.73. The van der Waals surface area contributed by atoms with Crippen LogP contribution in [0.25, 0.3) is 10.9 Å². The number of benzene rings is 2. The number of hydrogen-bond acceptors (Lipinski definition) is 3. The third kappa shape index (κ3) is 4.33. The molecule has 2 N–H and O–H groups in total. The van der Waals surface area contributed by atoms with E-state index in [4.69, 9.17) is 0 Å². The van der Waals surface area contributed by atoms with E-state index < -0.39 is 6.10 Å². The van der Waals surface area contributed by atoms with Crippen molar-refractivity contribution < 1.29 is 9.90 Å². The molecule has 1 amide bonds. The van der Waals surface area contributed by atoms with Gasteiger partial charge < -0.3 is 15.0 Å². The first-order valence-corrected chi connectivity index (χ1v) is 8.20. The molecule has 5 nitrogen and oxygen atoms in total. The topological polar surface area (TPSA) is 71.3 Å². The van der Waals surface area contributed by atoms with Gasteiger partial charge in [0.15, 0.2) is 5.43 Å². The molecule has 0 bridgehead atoms. The van der Waals surface area contributed by atoms with Crippen LogP contribution < -0.4 is 10.7 Å². The quantitative estimate of drug-likeness (QED) is 0.720. The Bertz CT molecular complexity index is 919. The number of rotatable bonds is 6. The van der Waals surface area contributed by atoms with Crippen LogP contribution >= 0.6 is 0 Å². The van der Waals surface area contributed by atoms with Gasteiger partial charge >= 0.3 is 0 Å². The number of para-hydroxylation sites is 1. The normalized spacial score (nSPS) is 12.0. The van der Waals surface area contributed by atoms with Gasteiger partial charge in [0, 0.05) is 30.6 Å². The second kappa shape index (κ2) is 7.77. The standard InChI is InChI=1S/C20H20N2O3/c23-16(12-15-6-2-1-3-7-15)13-21-20(25)14-22-11-10-19(24)17-8-4-5-9-18(17)22/h1-11,16,23H,12-14H2,(H,21,25). The number of carbonyl (C=O) groups is 1. The van der Waals surface area contributed by atoms with Crippen molar-refractivity contribution in [3.8, 4) is 0 Å². The summed E-state index contributed by atoms with van der Waals surface area (Å²) in [4.78, 5) is 24.0. The molecule has 1 aromatic heterocycles. The van der Waals surface area contributed by atoms with Gasteiger partial charge in [-0.25, -0.2) is 0 Å². The van der Waals surface area contributed by atoms with Crippen molar-refractivity contribution in [2.75, 3.05) is 6.54 Å². The Kier molecular flexibility index (Phi) is 5.26. The monoisotopic (exact) mass is 336 g/mol. The summed E-state index contributed by atoms with van der Waals surface area (Å²) >= 11 is 0. The van der Waals surface area contributed by atoms with Gasteiger partial charge in [0.2, 0.25) is 5.91 Å². The number of aliphatic hydroxyl groups is 1. The minimum atomic E-state index is -0.642. The average Bonchev–Trinajstić information content (AvgIpc) is 2.63. The van der Waals surface area contributed by atoms with E-state index in [1.165, 1.54) is 6.07 Å². The van der Waals surface area contributed by atoms with E-state index in [9.17, 15) is 14.7 Å².